The highest BCUT2D eigenvalue weighted by atomic mass is 16.5. The highest BCUT2D eigenvalue weighted by molar-refractivity contribution is 4.99. The zero-order valence-corrected chi connectivity index (χ0v) is 11.3. The molecule has 1 fully saturated rings. The van der Waals surface area contributed by atoms with Gasteiger partial charge >= 0.3 is 0 Å². The van der Waals surface area contributed by atoms with Crippen LogP contribution in [0.3, 0.4) is 0 Å². The van der Waals surface area contributed by atoms with Crippen molar-refractivity contribution in [3.8, 4) is 0 Å². The first kappa shape index (κ1) is 13.5. The second-order valence-corrected chi connectivity index (χ2v) is 5.36. The molecule has 0 saturated carbocycles. The molecule has 1 aromatic rings. The zero-order chi connectivity index (χ0) is 13.0. The molecule has 5 nitrogen and oxygen atoms in total. The predicted molar refractivity (Wildman–Crippen MR) is 68.4 cm³/mol. The van der Waals surface area contributed by atoms with Crippen LogP contribution >= 0.6 is 0 Å². The number of ether oxygens (including phenoxy) is 1. The van der Waals surface area contributed by atoms with Gasteiger partial charge in [0.25, 0.3) is 0 Å². The summed E-state index contributed by atoms with van der Waals surface area (Å²) in [6.45, 7) is 5.69. The lowest BCUT2D eigenvalue weighted by Crippen LogP contribution is -2.14. The van der Waals surface area contributed by atoms with Crippen molar-refractivity contribution in [3.63, 3.8) is 0 Å². The molecule has 0 bridgehead atoms. The number of nitrogens with two attached hydrogens (primary N) is 1. The molecule has 0 amide bonds. The van der Waals surface area contributed by atoms with Crippen LogP contribution in [0.4, 0.5) is 0 Å². The van der Waals surface area contributed by atoms with Gasteiger partial charge in [0.2, 0.25) is 5.89 Å². The molecule has 0 spiro atoms. The van der Waals surface area contributed by atoms with Crippen molar-refractivity contribution in [3.05, 3.63) is 11.7 Å². The Kier molecular flexibility index (Phi) is 4.72. The third-order valence-electron chi connectivity index (χ3n) is 3.47. The second-order valence-electron chi connectivity index (χ2n) is 5.36. The number of nitrogens with zero attached hydrogens (tertiary/aromatic N) is 2. The summed E-state index contributed by atoms with van der Waals surface area (Å²) in [6, 6.07) is 0.270. The lowest BCUT2D eigenvalue weighted by molar-refractivity contribution is 0.192. The molecule has 0 aromatic carbocycles. The Morgan fingerprint density at radius 2 is 2.22 bits per heavy atom. The van der Waals surface area contributed by atoms with Crippen LogP contribution in [0.1, 0.15) is 63.1 Å². The normalized spacial score (nSPS) is 23.2. The van der Waals surface area contributed by atoms with Gasteiger partial charge in [-0.2, -0.15) is 4.98 Å². The molecule has 0 aliphatic carbocycles. The minimum Gasteiger partial charge on any atom is -0.381 e. The molecule has 3 unspecified atom stereocenters. The molecular formula is C13H23N3O2. The van der Waals surface area contributed by atoms with E-state index in [0.717, 1.165) is 50.6 Å². The molecule has 102 valence electrons. The maximum absolute atomic E-state index is 5.74. The molecule has 2 rings (SSSR count). The highest BCUT2D eigenvalue weighted by Crippen LogP contribution is 2.26. The summed E-state index contributed by atoms with van der Waals surface area (Å²) in [4.78, 5) is 4.50. The predicted octanol–water partition coefficient (Wildman–Crippen LogP) is 2.19. The Morgan fingerprint density at radius 3 is 2.89 bits per heavy atom. The van der Waals surface area contributed by atoms with Crippen LogP contribution in [0.15, 0.2) is 4.52 Å². The van der Waals surface area contributed by atoms with Gasteiger partial charge in [-0.1, -0.05) is 18.5 Å². The summed E-state index contributed by atoms with van der Waals surface area (Å²) in [5.41, 5.74) is 5.74. The summed E-state index contributed by atoms with van der Waals surface area (Å²) in [5, 5.41) is 4.07. The average Bonchev–Trinajstić information content (AvgIpc) is 2.99. The quantitative estimate of drug-likeness (QED) is 0.841. The molecule has 1 aliphatic rings. The third kappa shape index (κ3) is 3.53. The van der Waals surface area contributed by atoms with Gasteiger partial charge in [-0.05, 0) is 26.2 Å². The maximum Gasteiger partial charge on any atom is 0.229 e. The molecule has 1 aromatic heterocycles. The summed E-state index contributed by atoms with van der Waals surface area (Å²) < 4.78 is 10.7. The van der Waals surface area contributed by atoms with E-state index >= 15 is 0 Å². The van der Waals surface area contributed by atoms with Crippen LogP contribution in [0, 0.1) is 0 Å². The summed E-state index contributed by atoms with van der Waals surface area (Å²) >= 11 is 0. The van der Waals surface area contributed by atoms with Crippen molar-refractivity contribution < 1.29 is 9.26 Å². The highest BCUT2D eigenvalue weighted by Gasteiger charge is 2.24. The zero-order valence-electron chi connectivity index (χ0n) is 11.3. The fourth-order valence-corrected chi connectivity index (χ4v) is 2.22. The number of aromatic nitrogens is 2. The minimum absolute atomic E-state index is 0.270. The fraction of sp³-hybridized carbons (Fsp3) is 0.846. The molecule has 1 saturated heterocycles. The Hall–Kier alpha value is -0.940. The number of rotatable bonds is 6. The first-order chi connectivity index (χ1) is 8.66. The van der Waals surface area contributed by atoms with Crippen molar-refractivity contribution in [2.24, 2.45) is 5.73 Å². The van der Waals surface area contributed by atoms with Gasteiger partial charge in [0.05, 0.1) is 6.61 Å². The van der Waals surface area contributed by atoms with E-state index in [-0.39, 0.29) is 6.04 Å². The second kappa shape index (κ2) is 6.29. The Bertz CT molecular complexity index is 359. The van der Waals surface area contributed by atoms with Crippen molar-refractivity contribution in [1.82, 2.24) is 10.1 Å². The Morgan fingerprint density at radius 1 is 1.39 bits per heavy atom. The van der Waals surface area contributed by atoms with Gasteiger partial charge in [0.1, 0.15) is 0 Å². The monoisotopic (exact) mass is 253 g/mol. The van der Waals surface area contributed by atoms with Gasteiger partial charge in [-0.15, -0.1) is 0 Å². The smallest absolute Gasteiger partial charge is 0.229 e. The Labute approximate surface area is 108 Å². The minimum atomic E-state index is 0.270. The topological polar surface area (TPSA) is 74.2 Å². The number of hydrogen-bond acceptors (Lipinski definition) is 5. The van der Waals surface area contributed by atoms with Crippen LogP contribution in [0.25, 0.3) is 0 Å². The van der Waals surface area contributed by atoms with Gasteiger partial charge in [-0.25, -0.2) is 0 Å². The van der Waals surface area contributed by atoms with Crippen molar-refractivity contribution >= 4 is 0 Å². The average molecular weight is 253 g/mol. The molecule has 2 N–H and O–H groups in total. The maximum atomic E-state index is 5.74. The van der Waals surface area contributed by atoms with E-state index in [9.17, 15) is 0 Å². The van der Waals surface area contributed by atoms with E-state index < -0.39 is 0 Å². The van der Waals surface area contributed by atoms with Gasteiger partial charge < -0.3 is 15.0 Å². The SMILES string of the molecule is CC(N)CCCC(C)c1nc(C2CCOC2)no1. The lowest BCUT2D eigenvalue weighted by atomic mass is 10.0. The van der Waals surface area contributed by atoms with Crippen LogP contribution in [-0.2, 0) is 4.74 Å². The van der Waals surface area contributed by atoms with E-state index in [1.165, 1.54) is 0 Å². The van der Waals surface area contributed by atoms with Crippen molar-refractivity contribution in [2.45, 2.75) is 57.4 Å². The molecule has 2 heterocycles. The molecule has 3 atom stereocenters. The van der Waals surface area contributed by atoms with E-state index in [1.807, 2.05) is 6.92 Å². The summed E-state index contributed by atoms with van der Waals surface area (Å²) in [7, 11) is 0. The van der Waals surface area contributed by atoms with Crippen LogP contribution in [-0.4, -0.2) is 29.4 Å². The van der Waals surface area contributed by atoms with Gasteiger partial charge in [0, 0.05) is 24.5 Å². The molecule has 1 aliphatic heterocycles. The standard InChI is InChI=1S/C13H23N3O2/c1-9(4-3-5-10(2)14)13-15-12(16-18-13)11-6-7-17-8-11/h9-11H,3-8,14H2,1-2H3. The molecule has 5 heteroatoms. The van der Waals surface area contributed by atoms with Crippen molar-refractivity contribution in [1.29, 1.82) is 0 Å². The van der Waals surface area contributed by atoms with Crippen LogP contribution in [0.5, 0.6) is 0 Å². The van der Waals surface area contributed by atoms with E-state index in [2.05, 4.69) is 17.1 Å². The fourth-order valence-electron chi connectivity index (χ4n) is 2.22. The van der Waals surface area contributed by atoms with Crippen LogP contribution in [0.2, 0.25) is 0 Å². The summed E-state index contributed by atoms with van der Waals surface area (Å²) in [6.07, 6.45) is 4.19. The first-order valence-corrected chi connectivity index (χ1v) is 6.83. The van der Waals surface area contributed by atoms with Gasteiger partial charge in [-0.3, -0.25) is 0 Å². The Balaban J connectivity index is 1.84. The van der Waals surface area contributed by atoms with Crippen LogP contribution < -0.4 is 5.73 Å². The third-order valence-corrected chi connectivity index (χ3v) is 3.47. The molecular weight excluding hydrogens is 230 g/mol. The van der Waals surface area contributed by atoms with Crippen molar-refractivity contribution in [2.75, 3.05) is 13.2 Å². The molecule has 18 heavy (non-hydrogen) atoms. The van der Waals surface area contributed by atoms with E-state index in [1.54, 1.807) is 0 Å². The first-order valence-electron chi connectivity index (χ1n) is 6.83. The number of hydrogen-bond donors (Lipinski definition) is 1. The molecule has 0 radical (unpaired) electrons. The summed E-state index contributed by atoms with van der Waals surface area (Å²) in [5.74, 6) is 2.19. The largest absolute Gasteiger partial charge is 0.381 e. The lowest BCUT2D eigenvalue weighted by Gasteiger charge is -2.07. The van der Waals surface area contributed by atoms with E-state index in [0.29, 0.717) is 11.8 Å². The van der Waals surface area contributed by atoms with Gasteiger partial charge in [0.15, 0.2) is 5.82 Å². The van der Waals surface area contributed by atoms with E-state index in [4.69, 9.17) is 15.0 Å².